The lowest BCUT2D eigenvalue weighted by atomic mass is 9.95. The van der Waals surface area contributed by atoms with Crippen LogP contribution in [0, 0.1) is 0 Å². The Balaban J connectivity index is 1.56. The summed E-state index contributed by atoms with van der Waals surface area (Å²) in [6.45, 7) is 1.53. The summed E-state index contributed by atoms with van der Waals surface area (Å²) in [5.74, 6) is -0.511. The lowest BCUT2D eigenvalue weighted by Gasteiger charge is -2.18. The summed E-state index contributed by atoms with van der Waals surface area (Å²) in [6, 6.07) is 11.9. The van der Waals surface area contributed by atoms with Crippen LogP contribution in [0.15, 0.2) is 47.4 Å². The van der Waals surface area contributed by atoms with Crippen molar-refractivity contribution in [2.45, 2.75) is 49.2 Å². The van der Waals surface area contributed by atoms with Crippen LogP contribution in [0.2, 0.25) is 0 Å². The van der Waals surface area contributed by atoms with Crippen LogP contribution in [0.3, 0.4) is 0 Å². The smallest absolute Gasteiger partial charge is 0.341 e. The van der Waals surface area contributed by atoms with Crippen LogP contribution >= 0.6 is 0 Å². The minimum atomic E-state index is -3.91. The first-order valence-electron chi connectivity index (χ1n) is 9.55. The Labute approximate surface area is 169 Å². The Bertz CT molecular complexity index is 1010. The highest BCUT2D eigenvalue weighted by Crippen LogP contribution is 2.52. The van der Waals surface area contributed by atoms with Crippen LogP contribution in [0.1, 0.15) is 36.8 Å². The number of carboxylic acid groups (broad SMARTS) is 1. The third kappa shape index (κ3) is 3.82. The fourth-order valence-corrected chi connectivity index (χ4v) is 5.13. The number of benzene rings is 2. The Morgan fingerprint density at radius 2 is 1.93 bits per heavy atom. The summed E-state index contributed by atoms with van der Waals surface area (Å²) >= 11 is 0. The van der Waals surface area contributed by atoms with Gasteiger partial charge in [-0.15, -0.1) is 0 Å². The zero-order valence-corrected chi connectivity index (χ0v) is 16.7. The van der Waals surface area contributed by atoms with Crippen molar-refractivity contribution in [3.8, 4) is 11.5 Å². The van der Waals surface area contributed by atoms with Crippen LogP contribution < -0.4 is 9.47 Å². The highest BCUT2D eigenvalue weighted by molar-refractivity contribution is 7.86. The van der Waals surface area contributed by atoms with Gasteiger partial charge in [0.2, 0.25) is 0 Å². The Morgan fingerprint density at radius 3 is 2.62 bits per heavy atom. The van der Waals surface area contributed by atoms with E-state index in [0.29, 0.717) is 24.3 Å². The van der Waals surface area contributed by atoms with Gasteiger partial charge in [0.15, 0.2) is 18.1 Å². The van der Waals surface area contributed by atoms with Crippen molar-refractivity contribution in [2.24, 2.45) is 0 Å². The first kappa shape index (κ1) is 19.7. The molecule has 3 atom stereocenters. The van der Waals surface area contributed by atoms with Crippen molar-refractivity contribution in [3.63, 3.8) is 0 Å². The van der Waals surface area contributed by atoms with Gasteiger partial charge >= 0.3 is 5.97 Å². The number of carbonyl (C=O) groups is 1. The molecule has 0 radical (unpaired) electrons. The van der Waals surface area contributed by atoms with E-state index in [-0.39, 0.29) is 16.9 Å². The van der Waals surface area contributed by atoms with Crippen molar-refractivity contribution in [1.29, 1.82) is 0 Å². The van der Waals surface area contributed by atoms with E-state index in [1.54, 1.807) is 36.4 Å². The molecule has 8 heteroatoms. The van der Waals surface area contributed by atoms with Gasteiger partial charge in [-0.05, 0) is 43.0 Å². The normalized spacial score (nSPS) is 22.6. The molecule has 0 saturated heterocycles. The molecule has 0 amide bonds. The predicted octanol–water partition coefficient (Wildman–Crippen LogP) is 3.12. The van der Waals surface area contributed by atoms with Gasteiger partial charge in [0.25, 0.3) is 10.1 Å². The second kappa shape index (κ2) is 7.68. The van der Waals surface area contributed by atoms with E-state index in [1.165, 1.54) is 0 Å². The lowest BCUT2D eigenvalue weighted by molar-refractivity contribution is -0.139. The van der Waals surface area contributed by atoms with Crippen LogP contribution in [0.25, 0.3) is 0 Å². The molecule has 1 heterocycles. The molecule has 2 aliphatic rings. The van der Waals surface area contributed by atoms with Crippen molar-refractivity contribution in [1.82, 2.24) is 0 Å². The monoisotopic (exact) mass is 418 g/mol. The summed E-state index contributed by atoms with van der Waals surface area (Å²) in [6.07, 6.45) is 1.26. The van der Waals surface area contributed by atoms with Gasteiger partial charge in [-0.3, -0.25) is 4.18 Å². The number of rotatable bonds is 7. The van der Waals surface area contributed by atoms with Gasteiger partial charge in [0.05, 0.1) is 16.9 Å². The summed E-state index contributed by atoms with van der Waals surface area (Å²) in [4.78, 5) is 10.9. The minimum Gasteiger partial charge on any atom is -0.485 e. The Kier molecular flexibility index (Phi) is 5.23. The molecule has 1 aliphatic heterocycles. The van der Waals surface area contributed by atoms with Crippen LogP contribution in [0.5, 0.6) is 11.5 Å². The van der Waals surface area contributed by atoms with Gasteiger partial charge in [0.1, 0.15) is 6.10 Å². The number of ether oxygens (including phenoxy) is 2. The summed E-state index contributed by atoms with van der Waals surface area (Å²) in [7, 11) is -3.91. The number of hydrogen-bond donors (Lipinski definition) is 1. The largest absolute Gasteiger partial charge is 0.485 e. The third-order valence-electron chi connectivity index (χ3n) is 5.40. The lowest BCUT2D eigenvalue weighted by Crippen LogP contribution is -2.24. The third-order valence-corrected chi connectivity index (χ3v) is 6.75. The molecule has 4 rings (SSSR count). The number of hydrogen-bond acceptors (Lipinski definition) is 6. The maximum atomic E-state index is 12.8. The Morgan fingerprint density at radius 1 is 1.17 bits per heavy atom. The van der Waals surface area contributed by atoms with E-state index in [9.17, 15) is 13.2 Å². The predicted molar refractivity (Wildman–Crippen MR) is 104 cm³/mol. The van der Waals surface area contributed by atoms with Gasteiger partial charge in [-0.1, -0.05) is 31.2 Å². The molecular formula is C21H22O7S. The molecule has 0 bridgehead atoms. The van der Waals surface area contributed by atoms with Crippen LogP contribution in [-0.2, 0) is 25.5 Å². The quantitative estimate of drug-likeness (QED) is 0.690. The first-order chi connectivity index (χ1) is 13.9. The number of aliphatic carboxylic acids is 1. The first-order valence-corrected chi connectivity index (χ1v) is 11.0. The molecule has 0 spiro atoms. The zero-order chi connectivity index (χ0) is 20.6. The molecule has 29 heavy (non-hydrogen) atoms. The van der Waals surface area contributed by atoms with E-state index in [4.69, 9.17) is 18.8 Å². The molecule has 1 fully saturated rings. The van der Waals surface area contributed by atoms with Crippen molar-refractivity contribution >= 4 is 16.1 Å². The summed E-state index contributed by atoms with van der Waals surface area (Å²) in [5, 5.41) is 8.84. The molecular weight excluding hydrogens is 396 g/mol. The van der Waals surface area contributed by atoms with E-state index < -0.39 is 28.8 Å². The average Bonchev–Trinajstić information content (AvgIpc) is 3.26. The second-order valence-electron chi connectivity index (χ2n) is 7.20. The van der Waals surface area contributed by atoms with Crippen LogP contribution in [-0.4, -0.2) is 38.3 Å². The fourth-order valence-electron chi connectivity index (χ4n) is 4.00. The molecule has 1 N–H and O–H groups in total. The molecule has 3 unspecified atom stereocenters. The molecule has 7 nitrogen and oxygen atoms in total. The zero-order valence-electron chi connectivity index (χ0n) is 15.9. The SMILES string of the molecule is CCc1ccc(S(=O)(=O)OC2CCC3Oc4c(OCC(=O)O)cccc4C32)cc1. The summed E-state index contributed by atoms with van der Waals surface area (Å²) in [5.41, 5.74) is 1.84. The van der Waals surface area contributed by atoms with Crippen molar-refractivity contribution < 1.29 is 32.0 Å². The molecule has 154 valence electrons. The van der Waals surface area contributed by atoms with Gasteiger partial charge in [-0.2, -0.15) is 8.42 Å². The maximum absolute atomic E-state index is 12.8. The minimum absolute atomic E-state index is 0.135. The van der Waals surface area contributed by atoms with E-state index >= 15 is 0 Å². The van der Waals surface area contributed by atoms with Crippen LogP contribution in [0.4, 0.5) is 0 Å². The number of fused-ring (bicyclic) bond motifs is 3. The standard InChI is InChI=1S/C21H22O7S/c1-2-13-6-8-14(9-7-13)29(24,25)28-17-11-10-16-20(17)15-4-3-5-18(21(15)27-16)26-12-19(22)23/h3-9,16-17,20H,2,10-12H2,1H3,(H,22,23). The highest BCUT2D eigenvalue weighted by Gasteiger charge is 2.48. The highest BCUT2D eigenvalue weighted by atomic mass is 32.2. The fraction of sp³-hybridized carbons (Fsp3) is 0.381. The average molecular weight is 418 g/mol. The number of carboxylic acids is 1. The summed E-state index contributed by atoms with van der Waals surface area (Å²) < 4.78 is 42.5. The molecule has 2 aromatic carbocycles. The van der Waals surface area contributed by atoms with Crippen molar-refractivity contribution in [2.75, 3.05) is 6.61 Å². The van der Waals surface area contributed by atoms with E-state index in [2.05, 4.69) is 0 Å². The van der Waals surface area contributed by atoms with E-state index in [1.807, 2.05) is 13.0 Å². The maximum Gasteiger partial charge on any atom is 0.341 e. The van der Waals surface area contributed by atoms with Crippen molar-refractivity contribution in [3.05, 3.63) is 53.6 Å². The molecule has 2 aromatic rings. The van der Waals surface area contributed by atoms with Gasteiger partial charge in [-0.25, -0.2) is 4.79 Å². The molecule has 1 aliphatic carbocycles. The van der Waals surface area contributed by atoms with E-state index in [0.717, 1.165) is 17.5 Å². The second-order valence-corrected chi connectivity index (χ2v) is 8.77. The van der Waals surface area contributed by atoms with Gasteiger partial charge < -0.3 is 14.6 Å². The topological polar surface area (TPSA) is 99.1 Å². The molecule has 0 aromatic heterocycles. The molecule has 1 saturated carbocycles. The Hall–Kier alpha value is -2.58. The number of aryl methyl sites for hydroxylation is 1. The van der Waals surface area contributed by atoms with Gasteiger partial charge in [0, 0.05) is 5.56 Å². The number of para-hydroxylation sites is 1.